The van der Waals surface area contributed by atoms with Crippen LogP contribution in [-0.4, -0.2) is 10.2 Å². The summed E-state index contributed by atoms with van der Waals surface area (Å²) in [5.74, 6) is 1.05. The van der Waals surface area contributed by atoms with Crippen molar-refractivity contribution in [1.82, 2.24) is 0 Å². The summed E-state index contributed by atoms with van der Waals surface area (Å²) in [7, 11) is 0. The van der Waals surface area contributed by atoms with Crippen molar-refractivity contribution in [2.24, 2.45) is 0 Å². The number of hydrogen-bond acceptors (Lipinski definition) is 4. The van der Waals surface area contributed by atoms with Gasteiger partial charge in [0.25, 0.3) is 5.91 Å². The number of furan rings is 1. The van der Waals surface area contributed by atoms with E-state index in [0.29, 0.717) is 36.5 Å². The van der Waals surface area contributed by atoms with Crippen LogP contribution in [0.3, 0.4) is 0 Å². The van der Waals surface area contributed by atoms with E-state index in [1.165, 1.54) is 16.7 Å². The summed E-state index contributed by atoms with van der Waals surface area (Å²) in [6.07, 6.45) is 1.70. The molecule has 140 valence electrons. The van der Waals surface area contributed by atoms with Crippen LogP contribution in [0.15, 0.2) is 63.9 Å². The van der Waals surface area contributed by atoms with Crippen LogP contribution < -0.4 is 4.90 Å². The molecule has 0 aliphatic carbocycles. The molecule has 0 atom stereocenters. The molecule has 0 spiro atoms. The first-order valence-electron chi connectivity index (χ1n) is 8.32. The van der Waals surface area contributed by atoms with E-state index in [1.807, 2.05) is 37.3 Å². The number of carbonyl (C=O) groups excluding carboxylic acids is 1. The fraction of sp³-hybridized carbons (Fsp3) is 0.0476. The molecule has 0 saturated carbocycles. The molecule has 3 aromatic rings. The minimum absolute atomic E-state index is 0.200. The Bertz CT molecular complexity index is 1140. The number of halogens is 2. The molecule has 7 heteroatoms. The number of hydrogen-bond donors (Lipinski definition) is 0. The van der Waals surface area contributed by atoms with E-state index in [2.05, 4.69) is 0 Å². The lowest BCUT2D eigenvalue weighted by atomic mass is 10.1. The molecule has 0 bridgehead atoms. The molecule has 3 nitrogen and oxygen atoms in total. The summed E-state index contributed by atoms with van der Waals surface area (Å²) in [5, 5.41) is 1.22. The summed E-state index contributed by atoms with van der Waals surface area (Å²) in [4.78, 5) is 14.8. The fourth-order valence-corrected chi connectivity index (χ4v) is 4.41. The third-order valence-corrected chi connectivity index (χ3v) is 6.16. The minimum atomic E-state index is -0.200. The van der Waals surface area contributed by atoms with Crippen molar-refractivity contribution >= 4 is 69.2 Å². The van der Waals surface area contributed by atoms with Gasteiger partial charge in [-0.15, -0.1) is 0 Å². The average Bonchev–Trinajstić information content (AvgIpc) is 3.22. The first-order valence-corrected chi connectivity index (χ1v) is 10.3. The van der Waals surface area contributed by atoms with E-state index in [4.69, 9.17) is 39.8 Å². The molecule has 1 aromatic heterocycles. The number of anilines is 1. The summed E-state index contributed by atoms with van der Waals surface area (Å²) in [6.45, 7) is 1.95. The molecule has 1 fully saturated rings. The van der Waals surface area contributed by atoms with Crippen LogP contribution in [0.1, 0.15) is 11.3 Å². The molecular weight excluding hydrogens is 433 g/mol. The number of carbonyl (C=O) groups is 1. The van der Waals surface area contributed by atoms with E-state index >= 15 is 0 Å². The predicted molar refractivity (Wildman–Crippen MR) is 121 cm³/mol. The van der Waals surface area contributed by atoms with E-state index in [-0.39, 0.29) is 5.91 Å². The highest BCUT2D eigenvalue weighted by Crippen LogP contribution is 2.37. The molecule has 1 aliphatic heterocycles. The van der Waals surface area contributed by atoms with Gasteiger partial charge < -0.3 is 4.42 Å². The Balaban J connectivity index is 1.61. The summed E-state index contributed by atoms with van der Waals surface area (Å²) < 4.78 is 6.34. The number of thiocarbonyl (C=S) groups is 1. The maximum absolute atomic E-state index is 12.8. The molecule has 0 N–H and O–H groups in total. The molecule has 4 rings (SSSR count). The number of thioether (sulfide) groups is 1. The summed E-state index contributed by atoms with van der Waals surface area (Å²) >= 11 is 18.9. The lowest BCUT2D eigenvalue weighted by Gasteiger charge is -2.14. The van der Waals surface area contributed by atoms with Gasteiger partial charge in [-0.1, -0.05) is 65.4 Å². The number of amides is 1. The SMILES string of the molecule is Cc1ccc(-c2ccc(/C=C3/SC(=S)N(c4cccc(Cl)c4)C3=O)o2)cc1Cl. The van der Waals surface area contributed by atoms with Crippen molar-refractivity contribution in [1.29, 1.82) is 0 Å². The second-order valence-corrected chi connectivity index (χ2v) is 8.68. The largest absolute Gasteiger partial charge is 0.457 e. The van der Waals surface area contributed by atoms with Crippen molar-refractivity contribution in [3.63, 3.8) is 0 Å². The fourth-order valence-electron chi connectivity index (χ4n) is 2.77. The Morgan fingerprint density at radius 2 is 1.93 bits per heavy atom. The minimum Gasteiger partial charge on any atom is -0.457 e. The highest BCUT2D eigenvalue weighted by Gasteiger charge is 2.33. The van der Waals surface area contributed by atoms with Gasteiger partial charge in [0.2, 0.25) is 0 Å². The van der Waals surface area contributed by atoms with Crippen molar-refractivity contribution in [2.45, 2.75) is 6.92 Å². The van der Waals surface area contributed by atoms with Crippen LogP contribution in [0.4, 0.5) is 5.69 Å². The van der Waals surface area contributed by atoms with Gasteiger partial charge in [0.15, 0.2) is 4.32 Å². The Labute approximate surface area is 181 Å². The Kier molecular flexibility index (Phi) is 5.34. The molecular formula is C21H13Cl2NO2S2. The van der Waals surface area contributed by atoms with Gasteiger partial charge in [-0.05, 0) is 48.9 Å². The zero-order valence-corrected chi connectivity index (χ0v) is 17.8. The normalized spacial score (nSPS) is 15.7. The average molecular weight is 446 g/mol. The quantitative estimate of drug-likeness (QED) is 0.321. The molecule has 2 heterocycles. The van der Waals surface area contributed by atoms with E-state index < -0.39 is 0 Å². The van der Waals surface area contributed by atoms with Gasteiger partial charge in [-0.25, -0.2) is 0 Å². The van der Waals surface area contributed by atoms with E-state index in [0.717, 1.165) is 11.1 Å². The molecule has 0 radical (unpaired) electrons. The van der Waals surface area contributed by atoms with Gasteiger partial charge in [-0.2, -0.15) is 0 Å². The van der Waals surface area contributed by atoms with Crippen LogP contribution >= 0.6 is 47.2 Å². The molecule has 1 saturated heterocycles. The van der Waals surface area contributed by atoms with Crippen LogP contribution in [0.5, 0.6) is 0 Å². The molecule has 1 amide bonds. The third kappa shape index (κ3) is 3.76. The number of benzene rings is 2. The van der Waals surface area contributed by atoms with Crippen molar-refractivity contribution in [3.05, 3.63) is 80.9 Å². The second-order valence-electron chi connectivity index (χ2n) is 6.16. The monoisotopic (exact) mass is 445 g/mol. The lowest BCUT2D eigenvalue weighted by molar-refractivity contribution is -0.113. The standard InChI is InChI=1S/C21H13Cl2NO2S2/c1-12-5-6-13(9-17(12)23)18-8-7-16(26-18)11-19-20(25)24(21(27)28-19)15-4-2-3-14(22)10-15/h2-11H,1H3/b19-11+. The third-order valence-electron chi connectivity index (χ3n) is 4.22. The summed E-state index contributed by atoms with van der Waals surface area (Å²) in [6, 6.07) is 16.5. The maximum Gasteiger partial charge on any atom is 0.270 e. The van der Waals surface area contributed by atoms with Crippen LogP contribution in [0, 0.1) is 6.92 Å². The van der Waals surface area contributed by atoms with Crippen molar-refractivity contribution in [2.75, 3.05) is 4.90 Å². The topological polar surface area (TPSA) is 33.5 Å². The number of nitrogens with zero attached hydrogens (tertiary/aromatic N) is 1. The summed E-state index contributed by atoms with van der Waals surface area (Å²) in [5.41, 5.74) is 2.52. The molecule has 0 unspecified atom stereocenters. The van der Waals surface area contributed by atoms with Crippen molar-refractivity contribution in [3.8, 4) is 11.3 Å². The molecule has 2 aromatic carbocycles. The van der Waals surface area contributed by atoms with E-state index in [1.54, 1.807) is 30.3 Å². The van der Waals surface area contributed by atoms with Crippen LogP contribution in [0.2, 0.25) is 10.0 Å². The Morgan fingerprint density at radius 1 is 1.11 bits per heavy atom. The molecule has 28 heavy (non-hydrogen) atoms. The van der Waals surface area contributed by atoms with Crippen LogP contribution in [0.25, 0.3) is 17.4 Å². The molecule has 1 aliphatic rings. The maximum atomic E-state index is 12.8. The van der Waals surface area contributed by atoms with Gasteiger partial charge in [0.1, 0.15) is 11.5 Å². The van der Waals surface area contributed by atoms with E-state index in [9.17, 15) is 4.79 Å². The van der Waals surface area contributed by atoms with Gasteiger partial charge in [-0.3, -0.25) is 9.69 Å². The Hall–Kier alpha value is -2.05. The highest BCUT2D eigenvalue weighted by atomic mass is 35.5. The van der Waals surface area contributed by atoms with Gasteiger partial charge in [0.05, 0.1) is 10.6 Å². The first-order chi connectivity index (χ1) is 13.4. The first kappa shape index (κ1) is 19.3. The highest BCUT2D eigenvalue weighted by molar-refractivity contribution is 8.27. The van der Waals surface area contributed by atoms with Crippen molar-refractivity contribution < 1.29 is 9.21 Å². The van der Waals surface area contributed by atoms with Gasteiger partial charge >= 0.3 is 0 Å². The smallest absolute Gasteiger partial charge is 0.270 e. The zero-order valence-electron chi connectivity index (χ0n) is 14.6. The lowest BCUT2D eigenvalue weighted by Crippen LogP contribution is -2.27. The number of aryl methyl sites for hydroxylation is 1. The van der Waals surface area contributed by atoms with Gasteiger partial charge in [0, 0.05) is 21.7 Å². The zero-order chi connectivity index (χ0) is 19.8. The van der Waals surface area contributed by atoms with Crippen LogP contribution in [-0.2, 0) is 4.79 Å². The Morgan fingerprint density at radius 3 is 2.68 bits per heavy atom. The second kappa shape index (κ2) is 7.76. The number of rotatable bonds is 3. The predicted octanol–water partition coefficient (Wildman–Crippen LogP) is 6.97.